The summed E-state index contributed by atoms with van der Waals surface area (Å²) in [4.78, 5) is 0. The van der Waals surface area contributed by atoms with Crippen LogP contribution in [0.3, 0.4) is 0 Å². The van der Waals surface area contributed by atoms with E-state index in [2.05, 4.69) is 44.2 Å². The van der Waals surface area contributed by atoms with Crippen LogP contribution >= 0.6 is 11.6 Å². The second-order valence-corrected chi connectivity index (χ2v) is 5.89. The van der Waals surface area contributed by atoms with Gasteiger partial charge in [0.15, 0.2) is 0 Å². The fourth-order valence-corrected chi connectivity index (χ4v) is 2.68. The Labute approximate surface area is 126 Å². The van der Waals surface area contributed by atoms with E-state index in [-0.39, 0.29) is 6.04 Å². The van der Waals surface area contributed by atoms with Gasteiger partial charge in [-0.25, -0.2) is 0 Å². The van der Waals surface area contributed by atoms with Crippen LogP contribution in [-0.4, -0.2) is 0 Å². The molecule has 2 unspecified atom stereocenters. The normalized spacial score (nSPS) is 14.1. The van der Waals surface area contributed by atoms with Crippen molar-refractivity contribution in [2.24, 2.45) is 5.73 Å². The van der Waals surface area contributed by atoms with Crippen LogP contribution < -0.4 is 5.73 Å². The van der Waals surface area contributed by atoms with Gasteiger partial charge in [0.25, 0.3) is 0 Å². The molecule has 0 spiro atoms. The summed E-state index contributed by atoms with van der Waals surface area (Å²) in [7, 11) is 0. The van der Waals surface area contributed by atoms with Crippen LogP contribution in [0.5, 0.6) is 0 Å². The van der Waals surface area contributed by atoms with E-state index in [0.29, 0.717) is 5.92 Å². The van der Waals surface area contributed by atoms with E-state index in [4.69, 9.17) is 17.3 Å². The zero-order valence-electron chi connectivity index (χ0n) is 12.4. The van der Waals surface area contributed by atoms with Gasteiger partial charge in [-0.15, -0.1) is 0 Å². The molecule has 0 saturated heterocycles. The second kappa shape index (κ2) is 6.43. The van der Waals surface area contributed by atoms with E-state index in [1.165, 1.54) is 5.56 Å². The van der Waals surface area contributed by atoms with Crippen LogP contribution in [-0.2, 0) is 0 Å². The van der Waals surface area contributed by atoms with Gasteiger partial charge in [0.2, 0.25) is 0 Å². The summed E-state index contributed by atoms with van der Waals surface area (Å²) in [6, 6.07) is 14.4. The smallest absolute Gasteiger partial charge is 0.0566 e. The average Bonchev–Trinajstić information content (AvgIpc) is 2.46. The first kappa shape index (κ1) is 15.1. The van der Waals surface area contributed by atoms with Crippen molar-refractivity contribution in [3.8, 4) is 0 Å². The Morgan fingerprint density at radius 1 is 1.05 bits per heavy atom. The zero-order chi connectivity index (χ0) is 14.7. The zero-order valence-corrected chi connectivity index (χ0v) is 13.1. The highest BCUT2D eigenvalue weighted by atomic mass is 35.5. The van der Waals surface area contributed by atoms with Gasteiger partial charge in [-0.3, -0.25) is 0 Å². The predicted molar refractivity (Wildman–Crippen MR) is 87.4 cm³/mol. The molecule has 1 nitrogen and oxygen atoms in total. The maximum Gasteiger partial charge on any atom is 0.0566 e. The molecule has 2 N–H and O–H groups in total. The van der Waals surface area contributed by atoms with E-state index < -0.39 is 0 Å². The average molecular weight is 288 g/mol. The van der Waals surface area contributed by atoms with E-state index in [1.54, 1.807) is 0 Å². The number of rotatable bonds is 4. The first-order valence-corrected chi connectivity index (χ1v) is 7.52. The van der Waals surface area contributed by atoms with Gasteiger partial charge in [0.05, 0.1) is 6.04 Å². The Balaban J connectivity index is 2.26. The van der Waals surface area contributed by atoms with Crippen molar-refractivity contribution in [2.75, 3.05) is 0 Å². The van der Waals surface area contributed by atoms with Crippen LogP contribution in [0.15, 0.2) is 42.5 Å². The van der Waals surface area contributed by atoms with E-state index in [9.17, 15) is 0 Å². The van der Waals surface area contributed by atoms with Crippen molar-refractivity contribution in [3.63, 3.8) is 0 Å². The molecule has 0 heterocycles. The fraction of sp³-hybridized carbons (Fsp3) is 0.333. The molecule has 2 atom stereocenters. The summed E-state index contributed by atoms with van der Waals surface area (Å²) < 4.78 is 0. The lowest BCUT2D eigenvalue weighted by molar-refractivity contribution is 0.732. The van der Waals surface area contributed by atoms with Crippen LogP contribution in [0.1, 0.15) is 54.5 Å². The van der Waals surface area contributed by atoms with Crippen molar-refractivity contribution < 1.29 is 0 Å². The molecule has 0 aliphatic carbocycles. The maximum atomic E-state index is 6.34. The molecule has 0 radical (unpaired) electrons. The summed E-state index contributed by atoms with van der Waals surface area (Å²) in [5.74, 6) is 0.586. The highest BCUT2D eigenvalue weighted by molar-refractivity contribution is 6.31. The molecule has 20 heavy (non-hydrogen) atoms. The Bertz CT molecular complexity index is 574. The summed E-state index contributed by atoms with van der Waals surface area (Å²) in [6.07, 6.45) is 1.15. The molecule has 0 aliphatic heterocycles. The first-order chi connectivity index (χ1) is 9.52. The minimum atomic E-state index is -0.172. The highest BCUT2D eigenvalue weighted by Gasteiger charge is 2.13. The van der Waals surface area contributed by atoms with Crippen LogP contribution in [0.4, 0.5) is 0 Å². The molecule has 0 saturated carbocycles. The number of aryl methyl sites for hydroxylation is 1. The minimum Gasteiger partial charge on any atom is -0.320 e. The standard InChI is InChI=1S/C18H22ClN/c1-4-13(3)14-6-8-15(9-7-14)18(20)16-10-5-12(2)11-17(16)19/h5-11,13,18H,4,20H2,1-3H3. The molecular formula is C18H22ClN. The summed E-state index contributed by atoms with van der Waals surface area (Å²) in [5.41, 5.74) is 10.9. The third kappa shape index (κ3) is 3.23. The molecule has 0 bridgehead atoms. The van der Waals surface area contributed by atoms with Crippen LogP contribution in [0, 0.1) is 6.92 Å². The third-order valence-electron chi connectivity index (χ3n) is 3.97. The molecule has 2 rings (SSSR count). The topological polar surface area (TPSA) is 26.0 Å². The molecule has 0 amide bonds. The summed E-state index contributed by atoms with van der Waals surface area (Å²) >= 11 is 6.30. The monoisotopic (exact) mass is 287 g/mol. The van der Waals surface area contributed by atoms with Gasteiger partial charge in [0.1, 0.15) is 0 Å². The van der Waals surface area contributed by atoms with Crippen molar-refractivity contribution in [3.05, 3.63) is 69.7 Å². The van der Waals surface area contributed by atoms with E-state index in [0.717, 1.165) is 28.1 Å². The van der Waals surface area contributed by atoms with Crippen molar-refractivity contribution in [1.82, 2.24) is 0 Å². The number of hydrogen-bond acceptors (Lipinski definition) is 1. The third-order valence-corrected chi connectivity index (χ3v) is 4.30. The van der Waals surface area contributed by atoms with E-state index >= 15 is 0 Å². The molecule has 2 aromatic rings. The predicted octanol–water partition coefficient (Wildman–Crippen LogP) is 5.21. The quantitative estimate of drug-likeness (QED) is 0.821. The van der Waals surface area contributed by atoms with Gasteiger partial charge < -0.3 is 5.73 Å². The lowest BCUT2D eigenvalue weighted by Crippen LogP contribution is -2.12. The van der Waals surface area contributed by atoms with Gasteiger partial charge >= 0.3 is 0 Å². The SMILES string of the molecule is CCC(C)c1ccc(C(N)c2ccc(C)cc2Cl)cc1. The van der Waals surface area contributed by atoms with Gasteiger partial charge in [0, 0.05) is 5.02 Å². The lowest BCUT2D eigenvalue weighted by Gasteiger charge is -2.16. The largest absolute Gasteiger partial charge is 0.320 e. The van der Waals surface area contributed by atoms with Gasteiger partial charge in [-0.1, -0.05) is 61.8 Å². The Kier molecular flexibility index (Phi) is 4.85. The molecule has 0 fully saturated rings. The summed E-state index contributed by atoms with van der Waals surface area (Å²) in [6.45, 7) is 6.48. The lowest BCUT2D eigenvalue weighted by atomic mass is 9.94. The number of halogens is 1. The summed E-state index contributed by atoms with van der Waals surface area (Å²) in [5, 5.41) is 0.739. The van der Waals surface area contributed by atoms with Crippen molar-refractivity contribution >= 4 is 11.6 Å². The van der Waals surface area contributed by atoms with Crippen LogP contribution in [0.2, 0.25) is 5.02 Å². The van der Waals surface area contributed by atoms with E-state index in [1.807, 2.05) is 19.1 Å². The number of hydrogen-bond donors (Lipinski definition) is 1. The second-order valence-electron chi connectivity index (χ2n) is 5.48. The van der Waals surface area contributed by atoms with Crippen molar-refractivity contribution in [1.29, 1.82) is 0 Å². The molecule has 2 heteroatoms. The molecule has 0 aliphatic rings. The Morgan fingerprint density at radius 2 is 1.65 bits per heavy atom. The Hall–Kier alpha value is -1.31. The molecule has 2 aromatic carbocycles. The van der Waals surface area contributed by atoms with Gasteiger partial charge in [-0.2, -0.15) is 0 Å². The number of nitrogens with two attached hydrogens (primary N) is 1. The molecular weight excluding hydrogens is 266 g/mol. The van der Waals surface area contributed by atoms with Crippen LogP contribution in [0.25, 0.3) is 0 Å². The Morgan fingerprint density at radius 3 is 2.20 bits per heavy atom. The minimum absolute atomic E-state index is 0.172. The maximum absolute atomic E-state index is 6.34. The van der Waals surface area contributed by atoms with Crippen molar-refractivity contribution in [2.45, 2.75) is 39.2 Å². The fourth-order valence-electron chi connectivity index (χ4n) is 2.33. The highest BCUT2D eigenvalue weighted by Crippen LogP contribution is 2.28. The molecule has 0 aromatic heterocycles. The van der Waals surface area contributed by atoms with Gasteiger partial charge in [-0.05, 0) is 47.6 Å². The number of benzene rings is 2. The molecule has 106 valence electrons. The first-order valence-electron chi connectivity index (χ1n) is 7.14.